The lowest BCUT2D eigenvalue weighted by atomic mass is 9.40. The molecule has 1 aliphatic heterocycles. The summed E-state index contributed by atoms with van der Waals surface area (Å²) >= 11 is 0. The van der Waals surface area contributed by atoms with Gasteiger partial charge in [0.1, 0.15) is 12.2 Å². The predicted molar refractivity (Wildman–Crippen MR) is 147 cm³/mol. The van der Waals surface area contributed by atoms with E-state index in [1.807, 2.05) is 58.0 Å². The minimum Gasteiger partial charge on any atom is -0.456 e. The number of rotatable bonds is 4. The van der Waals surface area contributed by atoms with Crippen LogP contribution in [0.2, 0.25) is 0 Å². The molecule has 0 spiro atoms. The van der Waals surface area contributed by atoms with Crippen LogP contribution in [0.25, 0.3) is 0 Å². The zero-order chi connectivity index (χ0) is 29.6. The molecular weight excluding hydrogens is 512 g/mol. The standard InChI is InChI=1S/C32H44O8/c1-16(19-11-9-8-10-12-19)24(34)28(37)40-20-14-32(38)18(3)26-30(6)15-39-22(30)13-21(33)31(26,7)27(36)25(35)23(17(20)2)29(32,4)5/h8-12,16,18,20-22,24-26,33-35,38H,13-15H2,1-7H3/t16-,18-,20-,21-,22?,24+,25+,26?,30+,31+,32+/m0/s1. The van der Waals surface area contributed by atoms with Gasteiger partial charge in [-0.3, -0.25) is 4.79 Å². The molecule has 3 aliphatic carbocycles. The summed E-state index contributed by atoms with van der Waals surface area (Å²) in [4.78, 5) is 27.5. The molecule has 4 N–H and O–H groups in total. The molecular formula is C32H44O8. The van der Waals surface area contributed by atoms with E-state index < -0.39 is 75.8 Å². The Bertz CT molecular complexity index is 1220. The molecule has 0 aromatic heterocycles. The number of aliphatic hydroxyl groups excluding tert-OH is 3. The topological polar surface area (TPSA) is 134 Å². The normalized spacial score (nSPS) is 43.8. The van der Waals surface area contributed by atoms with Crippen LogP contribution in [-0.2, 0) is 19.1 Å². The molecule has 4 aliphatic rings. The van der Waals surface area contributed by atoms with Crippen LogP contribution in [-0.4, -0.2) is 74.9 Å². The van der Waals surface area contributed by atoms with Gasteiger partial charge in [-0.15, -0.1) is 0 Å². The van der Waals surface area contributed by atoms with Crippen LogP contribution in [0.5, 0.6) is 0 Å². The van der Waals surface area contributed by atoms with Gasteiger partial charge in [-0.25, -0.2) is 4.79 Å². The van der Waals surface area contributed by atoms with Gasteiger partial charge in [0.2, 0.25) is 0 Å². The molecule has 3 fully saturated rings. The van der Waals surface area contributed by atoms with E-state index in [1.54, 1.807) is 20.8 Å². The van der Waals surface area contributed by atoms with Crippen molar-refractivity contribution in [3.8, 4) is 0 Å². The number of hydrogen-bond acceptors (Lipinski definition) is 8. The molecule has 0 amide bonds. The van der Waals surface area contributed by atoms with Gasteiger partial charge in [-0.05, 0) is 42.4 Å². The van der Waals surface area contributed by atoms with Crippen LogP contribution in [0.1, 0.15) is 72.8 Å². The lowest BCUT2D eigenvalue weighted by Gasteiger charge is -2.68. The second kappa shape index (κ2) is 9.46. The highest BCUT2D eigenvalue weighted by molar-refractivity contribution is 5.93. The second-order valence-electron chi connectivity index (χ2n) is 13.8. The molecule has 5 rings (SSSR count). The Hall–Kier alpha value is -2.10. The summed E-state index contributed by atoms with van der Waals surface area (Å²) in [6.07, 6.45) is -5.00. The molecule has 1 aromatic rings. The zero-order valence-corrected chi connectivity index (χ0v) is 24.5. The lowest BCUT2D eigenvalue weighted by Crippen LogP contribution is -2.75. The SMILES string of the molecule is CC1=C2[C@@H](O)C(=O)[C@@]3(C)C([C@H](C)[C@](O)(C[C@@H]1OC(=O)[C@H](O)[C@@H](C)c1ccccc1)C2(C)C)[C@]1(C)COC1C[C@@H]3O. The molecule has 2 bridgehead atoms. The summed E-state index contributed by atoms with van der Waals surface area (Å²) in [6.45, 7) is 13.1. The Kier molecular flexibility index (Phi) is 6.95. The third kappa shape index (κ3) is 3.76. The van der Waals surface area contributed by atoms with E-state index in [-0.39, 0.29) is 18.9 Å². The Morgan fingerprint density at radius 2 is 1.75 bits per heavy atom. The number of Topliss-reactive ketones (excluding diaryl/α,β-unsaturated/α-hetero) is 1. The van der Waals surface area contributed by atoms with Crippen LogP contribution in [0.3, 0.4) is 0 Å². The van der Waals surface area contributed by atoms with E-state index in [0.29, 0.717) is 17.8 Å². The van der Waals surface area contributed by atoms with E-state index in [2.05, 4.69) is 0 Å². The number of fused-ring (bicyclic) bond motifs is 5. The Morgan fingerprint density at radius 3 is 2.33 bits per heavy atom. The van der Waals surface area contributed by atoms with Crippen molar-refractivity contribution in [2.24, 2.45) is 28.1 Å². The number of ether oxygens (including phenoxy) is 2. The number of ketones is 1. The molecule has 40 heavy (non-hydrogen) atoms. The van der Waals surface area contributed by atoms with Gasteiger partial charge < -0.3 is 29.9 Å². The molecule has 8 nitrogen and oxygen atoms in total. The first-order valence-electron chi connectivity index (χ1n) is 14.4. The van der Waals surface area contributed by atoms with Gasteiger partial charge >= 0.3 is 5.97 Å². The quantitative estimate of drug-likeness (QED) is 0.329. The van der Waals surface area contributed by atoms with Crippen LogP contribution < -0.4 is 0 Å². The van der Waals surface area contributed by atoms with Crippen molar-refractivity contribution in [1.82, 2.24) is 0 Å². The van der Waals surface area contributed by atoms with E-state index >= 15 is 0 Å². The highest BCUT2D eigenvalue weighted by atomic mass is 16.6. The first kappa shape index (κ1) is 29.4. The number of hydrogen-bond donors (Lipinski definition) is 4. The fourth-order valence-corrected chi connectivity index (χ4v) is 8.93. The Balaban J connectivity index is 1.57. The monoisotopic (exact) mass is 556 g/mol. The third-order valence-electron chi connectivity index (χ3n) is 11.6. The summed E-state index contributed by atoms with van der Waals surface area (Å²) in [5.74, 6) is -2.88. The van der Waals surface area contributed by atoms with E-state index in [1.165, 1.54) is 0 Å². The number of carbonyl (C=O) groups excluding carboxylic acids is 2. The molecule has 220 valence electrons. The molecule has 1 saturated heterocycles. The van der Waals surface area contributed by atoms with E-state index in [0.717, 1.165) is 5.56 Å². The second-order valence-corrected chi connectivity index (χ2v) is 13.8. The van der Waals surface area contributed by atoms with Crippen molar-refractivity contribution >= 4 is 11.8 Å². The highest BCUT2D eigenvalue weighted by Gasteiger charge is 2.72. The molecule has 11 atom stereocenters. The summed E-state index contributed by atoms with van der Waals surface area (Å²) in [5.41, 5.74) is -2.79. The van der Waals surface area contributed by atoms with Crippen molar-refractivity contribution in [2.45, 2.75) is 103 Å². The molecule has 0 radical (unpaired) electrons. The Morgan fingerprint density at radius 1 is 1.12 bits per heavy atom. The fraction of sp³-hybridized carbons (Fsp3) is 0.688. The summed E-state index contributed by atoms with van der Waals surface area (Å²) in [6, 6.07) is 9.18. The van der Waals surface area contributed by atoms with Crippen molar-refractivity contribution in [3.05, 3.63) is 47.0 Å². The maximum atomic E-state index is 14.2. The van der Waals surface area contributed by atoms with Crippen molar-refractivity contribution in [2.75, 3.05) is 6.61 Å². The number of esters is 1. The number of carbonyl (C=O) groups is 2. The largest absolute Gasteiger partial charge is 0.456 e. The van der Waals surface area contributed by atoms with Crippen molar-refractivity contribution in [1.29, 1.82) is 0 Å². The smallest absolute Gasteiger partial charge is 0.336 e. The van der Waals surface area contributed by atoms with Crippen LogP contribution >= 0.6 is 0 Å². The maximum Gasteiger partial charge on any atom is 0.336 e. The summed E-state index contributed by atoms with van der Waals surface area (Å²) < 4.78 is 11.7. The van der Waals surface area contributed by atoms with Gasteiger partial charge in [0, 0.05) is 29.6 Å². The lowest BCUT2D eigenvalue weighted by molar-refractivity contribution is -0.302. The summed E-state index contributed by atoms with van der Waals surface area (Å²) in [7, 11) is 0. The summed E-state index contributed by atoms with van der Waals surface area (Å²) in [5, 5.41) is 46.6. The fourth-order valence-electron chi connectivity index (χ4n) is 8.93. The molecule has 2 saturated carbocycles. The minimum atomic E-state index is -1.60. The van der Waals surface area contributed by atoms with Gasteiger partial charge in [0.15, 0.2) is 11.9 Å². The predicted octanol–water partition coefficient (Wildman–Crippen LogP) is 2.91. The molecule has 8 heteroatoms. The first-order chi connectivity index (χ1) is 18.5. The molecule has 2 unspecified atom stereocenters. The average molecular weight is 557 g/mol. The van der Waals surface area contributed by atoms with E-state index in [4.69, 9.17) is 9.47 Å². The first-order valence-corrected chi connectivity index (χ1v) is 14.4. The highest BCUT2D eigenvalue weighted by Crippen LogP contribution is 2.66. The van der Waals surface area contributed by atoms with Gasteiger partial charge in [0.05, 0.1) is 29.8 Å². The molecule has 1 heterocycles. The van der Waals surface area contributed by atoms with E-state index in [9.17, 15) is 30.0 Å². The maximum absolute atomic E-state index is 14.2. The molecule has 1 aromatic carbocycles. The average Bonchev–Trinajstić information content (AvgIpc) is 2.91. The zero-order valence-electron chi connectivity index (χ0n) is 24.5. The number of aliphatic hydroxyl groups is 4. The van der Waals surface area contributed by atoms with Crippen LogP contribution in [0.4, 0.5) is 0 Å². The van der Waals surface area contributed by atoms with Crippen molar-refractivity contribution < 1.29 is 39.5 Å². The van der Waals surface area contributed by atoms with Gasteiger partial charge in [-0.2, -0.15) is 0 Å². The Labute approximate surface area is 236 Å². The van der Waals surface area contributed by atoms with Crippen LogP contribution in [0, 0.1) is 28.1 Å². The van der Waals surface area contributed by atoms with Crippen molar-refractivity contribution in [3.63, 3.8) is 0 Å². The number of benzene rings is 1. The van der Waals surface area contributed by atoms with Gasteiger partial charge in [-0.1, -0.05) is 65.0 Å². The minimum absolute atomic E-state index is 0.0276. The third-order valence-corrected chi connectivity index (χ3v) is 11.6. The van der Waals surface area contributed by atoms with Gasteiger partial charge in [0.25, 0.3) is 0 Å². The van der Waals surface area contributed by atoms with Crippen LogP contribution in [0.15, 0.2) is 41.5 Å².